The average molecular weight is 217 g/mol. The van der Waals surface area contributed by atoms with Crippen molar-refractivity contribution in [2.45, 2.75) is 27.2 Å². The van der Waals surface area contributed by atoms with Gasteiger partial charge in [-0.15, -0.1) is 11.6 Å². The Kier molecular flexibility index (Phi) is 5.56. The maximum atomic E-state index is 11.9. The number of carbonyl (C=O) groups excluding carboxylic acids is 1. The van der Waals surface area contributed by atoms with E-state index in [9.17, 15) is 4.79 Å². The SMILES string of the molecule is CCN(CCC#N)C(=O)C(C)(C)CCl. The predicted molar refractivity (Wildman–Crippen MR) is 57.0 cm³/mol. The zero-order valence-electron chi connectivity index (χ0n) is 9.01. The summed E-state index contributed by atoms with van der Waals surface area (Å²) in [5, 5.41) is 8.44. The smallest absolute Gasteiger partial charge is 0.229 e. The highest BCUT2D eigenvalue weighted by molar-refractivity contribution is 6.19. The van der Waals surface area contributed by atoms with E-state index in [1.54, 1.807) is 4.90 Å². The molecule has 0 aromatic rings. The lowest BCUT2D eigenvalue weighted by Crippen LogP contribution is -2.42. The molecule has 0 rings (SSSR count). The lowest BCUT2D eigenvalue weighted by Gasteiger charge is -2.29. The van der Waals surface area contributed by atoms with Crippen molar-refractivity contribution in [1.29, 1.82) is 5.26 Å². The number of nitrogens with zero attached hydrogens (tertiary/aromatic N) is 2. The van der Waals surface area contributed by atoms with Crippen LogP contribution in [-0.2, 0) is 4.79 Å². The molecule has 0 aliphatic heterocycles. The Bertz CT molecular complexity index is 233. The van der Waals surface area contributed by atoms with Crippen LogP contribution in [0.25, 0.3) is 0 Å². The van der Waals surface area contributed by atoms with E-state index < -0.39 is 5.41 Å². The van der Waals surface area contributed by atoms with Gasteiger partial charge in [0.15, 0.2) is 0 Å². The van der Waals surface area contributed by atoms with Gasteiger partial charge in [-0.25, -0.2) is 0 Å². The third-order valence-electron chi connectivity index (χ3n) is 2.08. The van der Waals surface area contributed by atoms with Crippen LogP contribution < -0.4 is 0 Å². The molecule has 0 fully saturated rings. The zero-order valence-corrected chi connectivity index (χ0v) is 9.76. The van der Waals surface area contributed by atoms with Gasteiger partial charge >= 0.3 is 0 Å². The summed E-state index contributed by atoms with van der Waals surface area (Å²) in [6.07, 6.45) is 0.373. The summed E-state index contributed by atoms with van der Waals surface area (Å²) in [6, 6.07) is 2.03. The van der Waals surface area contributed by atoms with Crippen molar-refractivity contribution >= 4 is 17.5 Å². The molecule has 0 bridgehead atoms. The predicted octanol–water partition coefficient (Wildman–Crippen LogP) is 2.01. The Balaban J connectivity index is 4.39. The molecule has 0 unspecified atom stereocenters. The van der Waals surface area contributed by atoms with Crippen molar-refractivity contribution in [3.8, 4) is 6.07 Å². The molecule has 0 heterocycles. The van der Waals surface area contributed by atoms with Gasteiger partial charge in [-0.1, -0.05) is 0 Å². The molecule has 0 aliphatic rings. The summed E-state index contributed by atoms with van der Waals surface area (Å²) in [5.74, 6) is 0.319. The van der Waals surface area contributed by atoms with E-state index in [2.05, 4.69) is 0 Å². The fraction of sp³-hybridized carbons (Fsp3) is 0.800. The first-order chi connectivity index (χ1) is 6.49. The molecule has 0 atom stereocenters. The maximum Gasteiger partial charge on any atom is 0.229 e. The number of hydrogen-bond donors (Lipinski definition) is 0. The summed E-state index contributed by atoms with van der Waals surface area (Å²) in [4.78, 5) is 13.5. The van der Waals surface area contributed by atoms with Crippen LogP contribution in [0, 0.1) is 16.7 Å². The van der Waals surface area contributed by atoms with Gasteiger partial charge in [-0.3, -0.25) is 4.79 Å². The highest BCUT2D eigenvalue weighted by Gasteiger charge is 2.30. The minimum atomic E-state index is -0.535. The van der Waals surface area contributed by atoms with E-state index in [4.69, 9.17) is 16.9 Å². The summed E-state index contributed by atoms with van der Waals surface area (Å²) < 4.78 is 0. The first-order valence-electron chi connectivity index (χ1n) is 4.72. The van der Waals surface area contributed by atoms with E-state index >= 15 is 0 Å². The Morgan fingerprint density at radius 2 is 2.14 bits per heavy atom. The monoisotopic (exact) mass is 216 g/mol. The van der Waals surface area contributed by atoms with E-state index in [1.807, 2.05) is 26.8 Å². The molecule has 4 heteroatoms. The van der Waals surface area contributed by atoms with Crippen LogP contribution in [0.4, 0.5) is 0 Å². The molecular weight excluding hydrogens is 200 g/mol. The molecule has 0 spiro atoms. The van der Waals surface area contributed by atoms with Crippen molar-refractivity contribution in [2.75, 3.05) is 19.0 Å². The van der Waals surface area contributed by atoms with Gasteiger partial charge in [0.2, 0.25) is 5.91 Å². The first-order valence-corrected chi connectivity index (χ1v) is 5.25. The van der Waals surface area contributed by atoms with Crippen molar-refractivity contribution in [2.24, 2.45) is 5.41 Å². The fourth-order valence-electron chi connectivity index (χ4n) is 1.07. The third kappa shape index (κ3) is 3.55. The standard InChI is InChI=1S/C10H17ClN2O/c1-4-13(7-5-6-12)9(14)10(2,3)8-11/h4-5,7-8H2,1-3H3. The Labute approximate surface area is 90.6 Å². The number of alkyl halides is 1. The van der Waals surface area contributed by atoms with Crippen molar-refractivity contribution in [3.63, 3.8) is 0 Å². The molecule has 0 aromatic carbocycles. The largest absolute Gasteiger partial charge is 0.341 e. The van der Waals surface area contributed by atoms with Crippen LogP contribution in [0.1, 0.15) is 27.2 Å². The maximum absolute atomic E-state index is 11.9. The fourth-order valence-corrected chi connectivity index (χ4v) is 1.19. The van der Waals surface area contributed by atoms with Gasteiger partial charge in [0, 0.05) is 19.0 Å². The number of hydrogen-bond acceptors (Lipinski definition) is 2. The first kappa shape index (κ1) is 13.2. The molecule has 0 radical (unpaired) electrons. The Morgan fingerprint density at radius 1 is 1.57 bits per heavy atom. The van der Waals surface area contributed by atoms with Crippen LogP contribution in [0.3, 0.4) is 0 Å². The van der Waals surface area contributed by atoms with Crippen molar-refractivity contribution in [1.82, 2.24) is 4.90 Å². The van der Waals surface area contributed by atoms with E-state index in [0.29, 0.717) is 25.4 Å². The van der Waals surface area contributed by atoms with Crippen LogP contribution in [0.2, 0.25) is 0 Å². The van der Waals surface area contributed by atoms with Gasteiger partial charge in [0.25, 0.3) is 0 Å². The molecule has 3 nitrogen and oxygen atoms in total. The molecular formula is C10H17ClN2O. The van der Waals surface area contributed by atoms with E-state index in [1.165, 1.54) is 0 Å². The van der Waals surface area contributed by atoms with Gasteiger partial charge in [0.1, 0.15) is 0 Å². The molecule has 0 aliphatic carbocycles. The number of rotatable bonds is 5. The minimum Gasteiger partial charge on any atom is -0.341 e. The van der Waals surface area contributed by atoms with Gasteiger partial charge in [-0.2, -0.15) is 5.26 Å². The van der Waals surface area contributed by atoms with Crippen LogP contribution in [0.5, 0.6) is 0 Å². The lowest BCUT2D eigenvalue weighted by molar-refractivity contribution is -0.138. The number of halogens is 1. The summed E-state index contributed by atoms with van der Waals surface area (Å²) in [7, 11) is 0. The normalized spacial score (nSPS) is 10.8. The second kappa shape index (κ2) is 5.87. The lowest BCUT2D eigenvalue weighted by atomic mass is 9.94. The zero-order chi connectivity index (χ0) is 11.2. The van der Waals surface area contributed by atoms with Crippen LogP contribution in [-0.4, -0.2) is 29.8 Å². The number of amides is 1. The molecule has 0 N–H and O–H groups in total. The molecule has 80 valence electrons. The second-order valence-electron chi connectivity index (χ2n) is 3.81. The molecule has 14 heavy (non-hydrogen) atoms. The van der Waals surface area contributed by atoms with Crippen LogP contribution in [0.15, 0.2) is 0 Å². The summed E-state index contributed by atoms with van der Waals surface area (Å²) in [6.45, 7) is 6.65. The quantitative estimate of drug-likeness (QED) is 0.660. The number of carbonyl (C=O) groups is 1. The minimum absolute atomic E-state index is 0.0188. The molecule has 0 saturated heterocycles. The topological polar surface area (TPSA) is 44.1 Å². The molecule has 0 aromatic heterocycles. The van der Waals surface area contributed by atoms with E-state index in [0.717, 1.165) is 0 Å². The molecule has 1 amide bonds. The second-order valence-corrected chi connectivity index (χ2v) is 4.08. The average Bonchev–Trinajstić information content (AvgIpc) is 2.18. The highest BCUT2D eigenvalue weighted by Crippen LogP contribution is 2.20. The summed E-state index contributed by atoms with van der Waals surface area (Å²) >= 11 is 5.71. The Hall–Kier alpha value is -0.750. The van der Waals surface area contributed by atoms with E-state index in [-0.39, 0.29) is 5.91 Å². The van der Waals surface area contributed by atoms with Gasteiger partial charge < -0.3 is 4.90 Å². The Morgan fingerprint density at radius 3 is 2.50 bits per heavy atom. The third-order valence-corrected chi connectivity index (χ3v) is 2.74. The molecule has 0 saturated carbocycles. The number of nitriles is 1. The van der Waals surface area contributed by atoms with Gasteiger partial charge in [-0.05, 0) is 20.8 Å². The summed E-state index contributed by atoms with van der Waals surface area (Å²) in [5.41, 5.74) is -0.535. The van der Waals surface area contributed by atoms with Crippen molar-refractivity contribution in [3.05, 3.63) is 0 Å². The van der Waals surface area contributed by atoms with Gasteiger partial charge in [0.05, 0.1) is 17.9 Å². The van der Waals surface area contributed by atoms with Crippen molar-refractivity contribution < 1.29 is 4.79 Å². The highest BCUT2D eigenvalue weighted by atomic mass is 35.5. The van der Waals surface area contributed by atoms with Crippen LogP contribution >= 0.6 is 11.6 Å².